The molecule has 1 saturated heterocycles. The number of nitrogens with zero attached hydrogens (tertiary/aromatic N) is 2. The Labute approximate surface area is 221 Å². The van der Waals surface area contributed by atoms with E-state index in [4.69, 9.17) is 16.3 Å². The summed E-state index contributed by atoms with van der Waals surface area (Å²) >= 11 is 6.91. The Balaban J connectivity index is 1.79. The topological polar surface area (TPSA) is 91.0 Å². The van der Waals surface area contributed by atoms with E-state index in [1.54, 1.807) is 6.07 Å². The Morgan fingerprint density at radius 3 is 2.57 bits per heavy atom. The second-order valence-electron chi connectivity index (χ2n) is 8.82. The Hall–Kier alpha value is -2.67. The summed E-state index contributed by atoms with van der Waals surface area (Å²) in [7, 11) is 0. The molecule has 0 bridgehead atoms. The first-order chi connectivity index (χ1) is 17.5. The summed E-state index contributed by atoms with van der Waals surface area (Å²) in [6.45, 7) is 3.23. The molecule has 8 nitrogen and oxygen atoms in total. The summed E-state index contributed by atoms with van der Waals surface area (Å²) in [5.74, 6) is -2.46. The van der Waals surface area contributed by atoms with Crippen LogP contribution in [0.2, 0.25) is 4.34 Å². The number of ether oxygens (including phenoxy) is 1. The molecular weight excluding hydrogens is 533 g/mol. The molecule has 2 heterocycles. The zero-order valence-electron chi connectivity index (χ0n) is 20.3. The molecule has 1 aromatic carbocycles. The second-order valence-corrected chi connectivity index (χ2v) is 10.5. The SMILES string of the molecule is CC(C)CN(CC(F)F)[C@@H](CNC(=O)c1ccc(Cl)s1)C(=O)Nc1ccc(N2CCOCC2=O)cc1F. The average Bonchev–Trinajstić information content (AvgIpc) is 3.26. The fourth-order valence-corrected chi connectivity index (χ4v) is 4.82. The maximum atomic E-state index is 14.9. The molecule has 1 aliphatic rings. The third-order valence-electron chi connectivity index (χ3n) is 5.48. The van der Waals surface area contributed by atoms with E-state index >= 15 is 0 Å². The van der Waals surface area contributed by atoms with Crippen LogP contribution in [-0.4, -0.2) is 74.5 Å². The van der Waals surface area contributed by atoms with E-state index in [1.807, 2.05) is 13.8 Å². The molecule has 3 amide bonds. The summed E-state index contributed by atoms with van der Waals surface area (Å²) in [5.41, 5.74) is 0.124. The van der Waals surface area contributed by atoms with Gasteiger partial charge in [-0.2, -0.15) is 0 Å². The van der Waals surface area contributed by atoms with Gasteiger partial charge in [-0.3, -0.25) is 19.3 Å². The summed E-state index contributed by atoms with van der Waals surface area (Å²) in [4.78, 5) is 40.7. The lowest BCUT2D eigenvalue weighted by Gasteiger charge is -2.32. The van der Waals surface area contributed by atoms with Gasteiger partial charge in [0, 0.05) is 25.3 Å². The van der Waals surface area contributed by atoms with E-state index in [1.165, 1.54) is 28.0 Å². The number of carbonyl (C=O) groups is 3. The minimum Gasteiger partial charge on any atom is -0.370 e. The summed E-state index contributed by atoms with van der Waals surface area (Å²) in [6.07, 6.45) is -2.73. The van der Waals surface area contributed by atoms with Gasteiger partial charge in [0.15, 0.2) is 0 Å². The number of hydrogen-bond donors (Lipinski definition) is 2. The molecule has 0 unspecified atom stereocenters. The van der Waals surface area contributed by atoms with E-state index < -0.39 is 36.6 Å². The number of halogens is 4. The number of thiophene rings is 1. The number of amides is 3. The number of hydrogen-bond acceptors (Lipinski definition) is 6. The van der Waals surface area contributed by atoms with Crippen LogP contribution in [0.15, 0.2) is 30.3 Å². The minimum absolute atomic E-state index is 0.0667. The standard InChI is InChI=1S/C24H28ClF3N4O4S/c1-14(2)11-31(12-21(27)28)18(10-29-24(35)19-5-6-20(25)37-19)23(34)30-17-4-3-15(9-16(17)26)32-7-8-36-13-22(32)33/h3-6,9,14,18,21H,7-8,10-13H2,1-2H3,(H,29,35)(H,30,34)/t18-/m0/s1. The molecule has 0 saturated carbocycles. The summed E-state index contributed by atoms with van der Waals surface area (Å²) in [5, 5.41) is 5.04. The van der Waals surface area contributed by atoms with Crippen molar-refractivity contribution in [2.45, 2.75) is 26.3 Å². The highest BCUT2D eigenvalue weighted by Gasteiger charge is 2.30. The van der Waals surface area contributed by atoms with Gasteiger partial charge in [-0.1, -0.05) is 25.4 Å². The van der Waals surface area contributed by atoms with Gasteiger partial charge >= 0.3 is 0 Å². The van der Waals surface area contributed by atoms with Gasteiger partial charge in [0.25, 0.3) is 18.2 Å². The van der Waals surface area contributed by atoms with Gasteiger partial charge in [0.2, 0.25) is 5.91 Å². The number of anilines is 2. The minimum atomic E-state index is -2.73. The van der Waals surface area contributed by atoms with Crippen molar-refractivity contribution in [3.05, 3.63) is 45.4 Å². The molecule has 1 aliphatic heterocycles. The normalized spacial score (nSPS) is 14.9. The highest BCUT2D eigenvalue weighted by molar-refractivity contribution is 7.18. The van der Waals surface area contributed by atoms with Crippen LogP contribution in [0.5, 0.6) is 0 Å². The van der Waals surface area contributed by atoms with Crippen LogP contribution in [-0.2, 0) is 14.3 Å². The molecule has 202 valence electrons. The van der Waals surface area contributed by atoms with Crippen LogP contribution in [0, 0.1) is 11.7 Å². The molecule has 13 heteroatoms. The van der Waals surface area contributed by atoms with Gasteiger partial charge < -0.3 is 20.3 Å². The number of benzene rings is 1. The molecule has 1 fully saturated rings. The Morgan fingerprint density at radius 2 is 1.97 bits per heavy atom. The molecule has 1 atom stereocenters. The van der Waals surface area contributed by atoms with Gasteiger partial charge in [0.05, 0.1) is 28.1 Å². The highest BCUT2D eigenvalue weighted by atomic mass is 35.5. The first-order valence-corrected chi connectivity index (χ1v) is 12.8. The molecule has 0 radical (unpaired) electrons. The largest absolute Gasteiger partial charge is 0.370 e. The second kappa shape index (κ2) is 13.2. The Kier molecular flexibility index (Phi) is 10.3. The van der Waals surface area contributed by atoms with E-state index in [2.05, 4.69) is 10.6 Å². The van der Waals surface area contributed by atoms with Crippen molar-refractivity contribution < 1.29 is 32.3 Å². The van der Waals surface area contributed by atoms with Crippen LogP contribution in [0.4, 0.5) is 24.5 Å². The number of alkyl halides is 2. The maximum absolute atomic E-state index is 14.9. The molecule has 0 spiro atoms. The Morgan fingerprint density at radius 1 is 1.22 bits per heavy atom. The van der Waals surface area contributed by atoms with Crippen molar-refractivity contribution >= 4 is 52.0 Å². The third-order valence-corrected chi connectivity index (χ3v) is 6.71. The molecule has 2 aromatic rings. The van der Waals surface area contributed by atoms with Crippen molar-refractivity contribution in [1.82, 2.24) is 10.2 Å². The van der Waals surface area contributed by atoms with Gasteiger partial charge in [-0.25, -0.2) is 13.2 Å². The lowest BCUT2D eigenvalue weighted by Crippen LogP contribution is -2.53. The fourth-order valence-electron chi connectivity index (χ4n) is 3.86. The number of rotatable bonds is 11. The van der Waals surface area contributed by atoms with Crippen molar-refractivity contribution in [1.29, 1.82) is 0 Å². The fraction of sp³-hybridized carbons (Fsp3) is 0.458. The van der Waals surface area contributed by atoms with Crippen molar-refractivity contribution in [2.75, 3.05) is 49.6 Å². The van der Waals surface area contributed by atoms with Crippen molar-refractivity contribution in [3.63, 3.8) is 0 Å². The lowest BCUT2D eigenvalue weighted by molar-refractivity contribution is -0.125. The third kappa shape index (κ3) is 8.16. The van der Waals surface area contributed by atoms with Crippen LogP contribution < -0.4 is 15.5 Å². The van der Waals surface area contributed by atoms with E-state index in [-0.39, 0.29) is 43.8 Å². The van der Waals surface area contributed by atoms with E-state index in [9.17, 15) is 27.6 Å². The molecule has 1 aromatic heterocycles. The smallest absolute Gasteiger partial charge is 0.261 e. The molecule has 37 heavy (non-hydrogen) atoms. The van der Waals surface area contributed by atoms with Crippen molar-refractivity contribution in [2.24, 2.45) is 5.92 Å². The van der Waals surface area contributed by atoms with Crippen LogP contribution in [0.1, 0.15) is 23.5 Å². The number of morpholine rings is 1. The van der Waals surface area contributed by atoms with Gasteiger partial charge in [-0.05, 0) is 36.2 Å². The molecule has 0 aliphatic carbocycles. The van der Waals surface area contributed by atoms with Gasteiger partial charge in [-0.15, -0.1) is 11.3 Å². The van der Waals surface area contributed by atoms with Gasteiger partial charge in [0.1, 0.15) is 18.5 Å². The summed E-state index contributed by atoms with van der Waals surface area (Å²) < 4.78 is 47.2. The zero-order valence-corrected chi connectivity index (χ0v) is 21.9. The van der Waals surface area contributed by atoms with Crippen molar-refractivity contribution in [3.8, 4) is 0 Å². The van der Waals surface area contributed by atoms with Crippen LogP contribution in [0.3, 0.4) is 0 Å². The first-order valence-electron chi connectivity index (χ1n) is 11.6. The zero-order chi connectivity index (χ0) is 27.1. The Bertz CT molecular complexity index is 1110. The number of carbonyl (C=O) groups excluding carboxylic acids is 3. The van der Waals surface area contributed by atoms with Crippen LogP contribution in [0.25, 0.3) is 0 Å². The maximum Gasteiger partial charge on any atom is 0.261 e. The summed E-state index contributed by atoms with van der Waals surface area (Å²) in [6, 6.07) is 5.73. The quantitative estimate of drug-likeness (QED) is 0.435. The highest BCUT2D eigenvalue weighted by Crippen LogP contribution is 2.24. The molecular formula is C24H28ClF3N4O4S. The molecule has 2 N–H and O–H groups in total. The van der Waals surface area contributed by atoms with E-state index in [0.717, 1.165) is 17.4 Å². The lowest BCUT2D eigenvalue weighted by atomic mass is 10.1. The number of nitrogens with one attached hydrogen (secondary N) is 2. The monoisotopic (exact) mass is 560 g/mol. The first kappa shape index (κ1) is 28.9. The predicted octanol–water partition coefficient (Wildman–Crippen LogP) is 3.86. The van der Waals surface area contributed by atoms with E-state index in [0.29, 0.717) is 21.5 Å². The predicted molar refractivity (Wildman–Crippen MR) is 136 cm³/mol. The van der Waals surface area contributed by atoms with Crippen LogP contribution >= 0.6 is 22.9 Å². The average molecular weight is 561 g/mol. The molecule has 3 rings (SSSR count).